The van der Waals surface area contributed by atoms with E-state index >= 15 is 0 Å². The zero-order valence-electron chi connectivity index (χ0n) is 17.0. The summed E-state index contributed by atoms with van der Waals surface area (Å²) in [6.07, 6.45) is -8.93. The molecule has 0 radical (unpaired) electrons. The van der Waals surface area contributed by atoms with E-state index in [2.05, 4.69) is 11.9 Å². The zero-order chi connectivity index (χ0) is 24.6. The lowest BCUT2D eigenvalue weighted by Gasteiger charge is -2.33. The maximum absolute atomic E-state index is 14.3. The smallest absolute Gasteiger partial charge is 0.370 e. The Kier molecular flexibility index (Phi) is 6.96. The van der Waals surface area contributed by atoms with Gasteiger partial charge in [-0.25, -0.2) is 0 Å². The van der Waals surface area contributed by atoms with E-state index in [4.69, 9.17) is 23.2 Å². The molecule has 1 aliphatic heterocycles. The first-order valence-corrected chi connectivity index (χ1v) is 10.4. The molecule has 33 heavy (non-hydrogen) atoms. The molecule has 0 bridgehead atoms. The fourth-order valence-electron chi connectivity index (χ4n) is 3.92. The van der Waals surface area contributed by atoms with Gasteiger partial charge in [0, 0.05) is 35.4 Å². The Hall–Kier alpha value is -2.39. The largest absolute Gasteiger partial charge is 0.416 e. The number of hydrogen-bond acceptors (Lipinski definition) is 2. The highest BCUT2D eigenvalue weighted by Crippen LogP contribution is 2.50. The minimum absolute atomic E-state index is 0.0135. The monoisotopic (exact) mass is 510 g/mol. The molecule has 1 atom stereocenters. The molecule has 11 heteroatoms. The summed E-state index contributed by atoms with van der Waals surface area (Å²) in [4.78, 5) is 12.6. The van der Waals surface area contributed by atoms with Crippen LogP contribution in [0.15, 0.2) is 49.1 Å². The topological polar surface area (TPSA) is 32.3 Å². The highest BCUT2D eigenvalue weighted by molar-refractivity contribution is 6.34. The summed E-state index contributed by atoms with van der Waals surface area (Å²) in [6, 6.07) is 6.91. The van der Waals surface area contributed by atoms with E-state index in [1.165, 1.54) is 29.2 Å². The van der Waals surface area contributed by atoms with Gasteiger partial charge in [-0.1, -0.05) is 35.8 Å². The van der Waals surface area contributed by atoms with Crippen molar-refractivity contribution in [3.8, 4) is 0 Å². The number of halogens is 8. The van der Waals surface area contributed by atoms with Crippen LogP contribution < -0.4 is 10.2 Å². The first-order valence-electron chi connectivity index (χ1n) is 9.65. The molecular weight excluding hydrogens is 493 g/mol. The number of carbonyl (C=O) groups is 1. The number of benzene rings is 2. The number of hydrogen-bond donors (Lipinski definition) is 1. The van der Waals surface area contributed by atoms with Crippen molar-refractivity contribution in [1.82, 2.24) is 5.32 Å². The molecule has 178 valence electrons. The van der Waals surface area contributed by atoms with E-state index in [1.807, 2.05) is 0 Å². The summed E-state index contributed by atoms with van der Waals surface area (Å²) in [6.45, 7) is 2.09. The molecule has 1 unspecified atom stereocenters. The summed E-state index contributed by atoms with van der Waals surface area (Å²) in [5.41, 5.74) is -3.77. The van der Waals surface area contributed by atoms with E-state index < -0.39 is 42.3 Å². The molecular formula is C22H18Cl2F6N2O. The lowest BCUT2D eigenvalue weighted by molar-refractivity contribution is -0.184. The lowest BCUT2D eigenvalue weighted by Crippen LogP contribution is -2.45. The molecule has 0 spiro atoms. The third-order valence-corrected chi connectivity index (χ3v) is 6.07. The second kappa shape index (κ2) is 9.10. The van der Waals surface area contributed by atoms with E-state index in [0.717, 1.165) is 18.2 Å². The Morgan fingerprint density at radius 1 is 1.09 bits per heavy atom. The minimum Gasteiger partial charge on any atom is -0.370 e. The van der Waals surface area contributed by atoms with E-state index in [1.54, 1.807) is 0 Å². The number of rotatable bonds is 5. The van der Waals surface area contributed by atoms with Crippen molar-refractivity contribution in [2.45, 2.75) is 30.7 Å². The summed E-state index contributed by atoms with van der Waals surface area (Å²) < 4.78 is 83.7. The van der Waals surface area contributed by atoms with Crippen LogP contribution in [0, 0.1) is 0 Å². The molecule has 1 N–H and O–H groups in total. The third kappa shape index (κ3) is 5.24. The van der Waals surface area contributed by atoms with Crippen LogP contribution in [0.3, 0.4) is 0 Å². The number of alkyl halides is 6. The van der Waals surface area contributed by atoms with Gasteiger partial charge in [-0.15, -0.1) is 0 Å². The van der Waals surface area contributed by atoms with Gasteiger partial charge in [-0.3, -0.25) is 4.79 Å². The van der Waals surface area contributed by atoms with Gasteiger partial charge >= 0.3 is 12.4 Å². The molecule has 3 rings (SSSR count). The molecule has 3 nitrogen and oxygen atoms in total. The third-order valence-electron chi connectivity index (χ3n) is 5.63. The lowest BCUT2D eigenvalue weighted by atomic mass is 9.79. The zero-order valence-corrected chi connectivity index (χ0v) is 18.5. The van der Waals surface area contributed by atoms with Gasteiger partial charge < -0.3 is 10.2 Å². The van der Waals surface area contributed by atoms with Crippen LogP contribution in [0.4, 0.5) is 32.0 Å². The van der Waals surface area contributed by atoms with E-state index in [0.29, 0.717) is 0 Å². The number of nitrogens with zero attached hydrogens (tertiary/aromatic N) is 1. The van der Waals surface area contributed by atoms with Gasteiger partial charge in [0.25, 0.3) is 0 Å². The quantitative estimate of drug-likeness (QED) is 0.366. The molecule has 2 aromatic carbocycles. The van der Waals surface area contributed by atoms with Crippen molar-refractivity contribution in [3.63, 3.8) is 0 Å². The molecule has 1 amide bonds. The van der Waals surface area contributed by atoms with Crippen molar-refractivity contribution >= 4 is 34.8 Å². The predicted octanol–water partition coefficient (Wildman–Crippen LogP) is 6.52. The van der Waals surface area contributed by atoms with E-state index in [-0.39, 0.29) is 39.8 Å². The second-order valence-electron chi connectivity index (χ2n) is 7.67. The number of anilines is 1. The average Bonchev–Trinajstić information content (AvgIpc) is 3.17. The fraction of sp³-hybridized carbons (Fsp3) is 0.318. The van der Waals surface area contributed by atoms with Crippen molar-refractivity contribution < 1.29 is 31.1 Å². The Morgan fingerprint density at radius 2 is 1.73 bits per heavy atom. The van der Waals surface area contributed by atoms with Crippen molar-refractivity contribution in [2.75, 3.05) is 18.0 Å². The number of carbonyl (C=O) groups excluding carboxylic acids is 1. The van der Waals surface area contributed by atoms with Crippen molar-refractivity contribution in [3.05, 3.63) is 75.8 Å². The van der Waals surface area contributed by atoms with Gasteiger partial charge in [0.2, 0.25) is 5.91 Å². The van der Waals surface area contributed by atoms with Crippen LogP contribution in [0.25, 0.3) is 0 Å². The summed E-state index contributed by atoms with van der Waals surface area (Å²) >= 11 is 11.8. The van der Waals surface area contributed by atoms with Crippen LogP contribution >= 0.6 is 23.2 Å². The van der Waals surface area contributed by atoms with Crippen LogP contribution in [0.5, 0.6) is 0 Å². The summed E-state index contributed by atoms with van der Waals surface area (Å²) in [7, 11) is 0. The first-order chi connectivity index (χ1) is 15.3. The van der Waals surface area contributed by atoms with Gasteiger partial charge in [0.15, 0.2) is 0 Å². The van der Waals surface area contributed by atoms with Crippen molar-refractivity contribution in [2.24, 2.45) is 0 Å². The second-order valence-corrected chi connectivity index (χ2v) is 8.54. The van der Waals surface area contributed by atoms with Gasteiger partial charge in [-0.05, 0) is 54.0 Å². The maximum atomic E-state index is 14.3. The predicted molar refractivity (Wildman–Crippen MR) is 115 cm³/mol. The van der Waals surface area contributed by atoms with Crippen LogP contribution in [-0.4, -0.2) is 25.2 Å². The van der Waals surface area contributed by atoms with Gasteiger partial charge in [0.1, 0.15) is 5.41 Å². The average molecular weight is 511 g/mol. The minimum atomic E-state index is -4.77. The molecule has 0 saturated carbocycles. The van der Waals surface area contributed by atoms with Crippen LogP contribution in [-0.2, 0) is 22.9 Å². The summed E-state index contributed by atoms with van der Waals surface area (Å²) in [5, 5.41) is 2.34. The molecule has 1 heterocycles. The Balaban J connectivity index is 1.98. The SMILES string of the molecule is C=CC(=O)NCc1ccc(N2CCC(c3cc(Cl)cc(Cl)c3)(C(F)(F)F)C2)cc1C(F)(F)F. The molecule has 1 fully saturated rings. The number of nitrogens with one attached hydrogen (secondary N) is 1. The fourth-order valence-corrected chi connectivity index (χ4v) is 4.45. The van der Waals surface area contributed by atoms with Crippen LogP contribution in [0.2, 0.25) is 10.0 Å². The number of amides is 1. The highest BCUT2D eigenvalue weighted by atomic mass is 35.5. The Morgan fingerprint density at radius 3 is 2.27 bits per heavy atom. The van der Waals surface area contributed by atoms with Crippen LogP contribution in [0.1, 0.15) is 23.1 Å². The van der Waals surface area contributed by atoms with Gasteiger partial charge in [-0.2, -0.15) is 26.3 Å². The molecule has 1 aliphatic rings. The molecule has 0 aromatic heterocycles. The summed E-state index contributed by atoms with van der Waals surface area (Å²) in [5.74, 6) is -0.651. The molecule has 2 aromatic rings. The Labute approximate surface area is 196 Å². The Bertz CT molecular complexity index is 1050. The first kappa shape index (κ1) is 25.2. The van der Waals surface area contributed by atoms with Gasteiger partial charge in [0.05, 0.1) is 5.56 Å². The maximum Gasteiger partial charge on any atom is 0.416 e. The van der Waals surface area contributed by atoms with Crippen molar-refractivity contribution in [1.29, 1.82) is 0 Å². The normalized spacial score (nSPS) is 19.0. The molecule has 1 saturated heterocycles. The molecule has 0 aliphatic carbocycles. The van der Waals surface area contributed by atoms with E-state index in [9.17, 15) is 31.1 Å². The highest BCUT2D eigenvalue weighted by Gasteiger charge is 2.59. The standard InChI is InChI=1S/C22H18Cl2F6N2O/c1-2-19(33)31-11-13-3-4-17(10-18(13)21(25,26)27)32-6-5-20(12-32,22(28,29)30)14-7-15(23)9-16(24)8-14/h2-4,7-10H,1,5-6,11-12H2,(H,31,33).